The van der Waals surface area contributed by atoms with Crippen LogP contribution in [0.4, 0.5) is 21.0 Å². The maximum absolute atomic E-state index is 12.4. The van der Waals surface area contributed by atoms with Gasteiger partial charge in [0.05, 0.1) is 0 Å². The summed E-state index contributed by atoms with van der Waals surface area (Å²) >= 11 is 0. The average Bonchev–Trinajstić information content (AvgIpc) is 2.77. The molecule has 0 spiro atoms. The Morgan fingerprint density at radius 3 is 1.13 bits per heavy atom. The highest BCUT2D eigenvalue weighted by molar-refractivity contribution is 5.97. The molecule has 2 aromatic rings. The maximum Gasteiger partial charge on any atom is 0.408 e. The second-order valence-electron chi connectivity index (χ2n) is 10.9. The third-order valence-corrected chi connectivity index (χ3v) is 4.89. The van der Waals surface area contributed by atoms with Crippen LogP contribution in [0.25, 0.3) is 11.1 Å². The molecule has 0 aliphatic carbocycles. The Hall–Kier alpha value is -4.08. The summed E-state index contributed by atoms with van der Waals surface area (Å²) in [5, 5.41) is 10.5. The summed E-state index contributed by atoms with van der Waals surface area (Å²) in [5.41, 5.74) is 1.65. The van der Waals surface area contributed by atoms with Crippen LogP contribution in [0.3, 0.4) is 0 Å². The fourth-order valence-electron chi connectivity index (χ4n) is 3.09. The molecule has 2 rings (SSSR count). The first kappa shape index (κ1) is 30.1. The van der Waals surface area contributed by atoms with Crippen molar-refractivity contribution < 1.29 is 28.7 Å². The highest BCUT2D eigenvalue weighted by Gasteiger charge is 2.22. The van der Waals surface area contributed by atoms with E-state index >= 15 is 0 Å². The molecule has 0 unspecified atom stereocenters. The lowest BCUT2D eigenvalue weighted by Gasteiger charge is -2.21. The van der Waals surface area contributed by atoms with Gasteiger partial charge in [0.1, 0.15) is 23.3 Å². The lowest BCUT2D eigenvalue weighted by molar-refractivity contribution is -0.118. The third kappa shape index (κ3) is 10.5. The van der Waals surface area contributed by atoms with Crippen molar-refractivity contribution in [1.82, 2.24) is 10.6 Å². The number of ether oxygens (including phenoxy) is 2. The zero-order chi connectivity index (χ0) is 28.7. The Kier molecular flexibility index (Phi) is 9.87. The van der Waals surface area contributed by atoms with E-state index in [1.807, 2.05) is 24.3 Å². The van der Waals surface area contributed by atoms with E-state index in [0.29, 0.717) is 11.4 Å². The molecule has 206 valence electrons. The Morgan fingerprint density at radius 1 is 0.579 bits per heavy atom. The van der Waals surface area contributed by atoms with Crippen LogP contribution in [-0.2, 0) is 19.1 Å². The third-order valence-electron chi connectivity index (χ3n) is 4.89. The van der Waals surface area contributed by atoms with Crippen LogP contribution in [0.5, 0.6) is 0 Å². The van der Waals surface area contributed by atoms with E-state index in [-0.39, 0.29) is 11.8 Å². The number of hydrogen-bond donors (Lipinski definition) is 4. The lowest BCUT2D eigenvalue weighted by atomic mass is 10.0. The van der Waals surface area contributed by atoms with Crippen LogP contribution < -0.4 is 21.3 Å². The van der Waals surface area contributed by atoms with Gasteiger partial charge in [-0.25, -0.2) is 9.59 Å². The van der Waals surface area contributed by atoms with Gasteiger partial charge < -0.3 is 30.7 Å². The van der Waals surface area contributed by atoms with Crippen LogP contribution in [0.2, 0.25) is 0 Å². The summed E-state index contributed by atoms with van der Waals surface area (Å²) in [4.78, 5) is 48.6. The van der Waals surface area contributed by atoms with Crippen molar-refractivity contribution in [3.8, 4) is 11.1 Å². The summed E-state index contributed by atoms with van der Waals surface area (Å²) in [6, 6.07) is 12.9. The van der Waals surface area contributed by atoms with Crippen molar-refractivity contribution in [3.63, 3.8) is 0 Å². The summed E-state index contributed by atoms with van der Waals surface area (Å²) in [6.45, 7) is 13.6. The Morgan fingerprint density at radius 2 is 0.868 bits per heavy atom. The first-order valence-electron chi connectivity index (χ1n) is 12.3. The first-order chi connectivity index (χ1) is 17.5. The van der Waals surface area contributed by atoms with E-state index < -0.39 is 35.5 Å². The molecule has 0 aromatic heterocycles. The first-order valence-corrected chi connectivity index (χ1v) is 12.3. The maximum atomic E-state index is 12.4. The Balaban J connectivity index is 1.91. The van der Waals surface area contributed by atoms with Crippen LogP contribution in [0.1, 0.15) is 55.4 Å². The molecule has 0 aliphatic rings. The summed E-state index contributed by atoms with van der Waals surface area (Å²) in [7, 11) is 0. The Bertz CT molecular complexity index is 1040. The van der Waals surface area contributed by atoms with Gasteiger partial charge in [-0.2, -0.15) is 0 Å². The molecule has 0 heterocycles. The van der Waals surface area contributed by atoms with E-state index in [1.54, 1.807) is 79.7 Å². The van der Waals surface area contributed by atoms with Crippen LogP contribution in [0, 0.1) is 0 Å². The largest absolute Gasteiger partial charge is 0.444 e. The zero-order valence-corrected chi connectivity index (χ0v) is 23.2. The van der Waals surface area contributed by atoms with Gasteiger partial charge in [0, 0.05) is 11.4 Å². The number of anilines is 2. The molecule has 4 amide bonds. The van der Waals surface area contributed by atoms with Crippen molar-refractivity contribution in [2.24, 2.45) is 0 Å². The van der Waals surface area contributed by atoms with Gasteiger partial charge in [-0.05, 0) is 90.8 Å². The minimum Gasteiger partial charge on any atom is -0.444 e. The highest BCUT2D eigenvalue weighted by Crippen LogP contribution is 2.23. The number of amides is 4. The standard InChI is InChI=1S/C28H38N4O6/c1-17(29-25(35)37-27(3,4)5)23(33)31-21-13-9-19(10-14-21)20-11-15-22(16-12-20)32-24(34)18(2)30-26(36)38-28(6,7)8/h9-18H,1-8H3,(H,29,35)(H,30,36)(H,31,33)(H,32,34)/t17-,18-/m0/s1. The highest BCUT2D eigenvalue weighted by atomic mass is 16.6. The number of rotatable bonds is 7. The minimum absolute atomic E-state index is 0.376. The van der Waals surface area contributed by atoms with Crippen LogP contribution in [0.15, 0.2) is 48.5 Å². The number of alkyl carbamates (subject to hydrolysis) is 2. The van der Waals surface area contributed by atoms with E-state index in [1.165, 1.54) is 0 Å². The molecule has 0 saturated heterocycles. The molecule has 38 heavy (non-hydrogen) atoms. The second-order valence-corrected chi connectivity index (χ2v) is 10.9. The summed E-state index contributed by atoms with van der Waals surface area (Å²) in [6.07, 6.45) is -1.33. The molecule has 0 bridgehead atoms. The van der Waals surface area contributed by atoms with Crippen molar-refractivity contribution in [2.45, 2.75) is 78.7 Å². The SMILES string of the molecule is C[C@H](NC(=O)OC(C)(C)C)C(=O)Nc1ccc(-c2ccc(NC(=O)[C@H](C)NC(=O)OC(C)(C)C)cc2)cc1. The number of carbonyl (C=O) groups is 4. The predicted molar refractivity (Wildman–Crippen MR) is 147 cm³/mol. The van der Waals surface area contributed by atoms with Crippen molar-refractivity contribution >= 4 is 35.4 Å². The average molecular weight is 527 g/mol. The van der Waals surface area contributed by atoms with Gasteiger partial charge in [-0.3, -0.25) is 9.59 Å². The number of nitrogens with one attached hydrogen (secondary N) is 4. The molecule has 0 saturated carbocycles. The fraction of sp³-hybridized carbons (Fsp3) is 0.429. The predicted octanol–water partition coefficient (Wildman–Crippen LogP) is 5.06. The van der Waals surface area contributed by atoms with E-state index in [0.717, 1.165) is 11.1 Å². The van der Waals surface area contributed by atoms with Crippen LogP contribution >= 0.6 is 0 Å². The minimum atomic E-state index is -0.783. The van der Waals surface area contributed by atoms with Crippen molar-refractivity contribution in [2.75, 3.05) is 10.6 Å². The lowest BCUT2D eigenvalue weighted by Crippen LogP contribution is -2.43. The molecule has 0 aliphatic heterocycles. The number of carbonyl (C=O) groups excluding carboxylic acids is 4. The summed E-state index contributed by atoms with van der Waals surface area (Å²) < 4.78 is 10.3. The molecular formula is C28H38N4O6. The molecule has 10 heteroatoms. The molecular weight excluding hydrogens is 488 g/mol. The smallest absolute Gasteiger partial charge is 0.408 e. The van der Waals surface area contributed by atoms with E-state index in [2.05, 4.69) is 21.3 Å². The fourth-order valence-corrected chi connectivity index (χ4v) is 3.09. The van der Waals surface area contributed by atoms with Gasteiger partial charge in [0.25, 0.3) is 0 Å². The molecule has 0 radical (unpaired) electrons. The molecule has 10 nitrogen and oxygen atoms in total. The van der Waals surface area contributed by atoms with Gasteiger partial charge in [-0.1, -0.05) is 24.3 Å². The van der Waals surface area contributed by atoms with Gasteiger partial charge in [-0.15, -0.1) is 0 Å². The number of hydrogen-bond acceptors (Lipinski definition) is 6. The quantitative estimate of drug-likeness (QED) is 0.398. The van der Waals surface area contributed by atoms with E-state index in [9.17, 15) is 19.2 Å². The van der Waals surface area contributed by atoms with Gasteiger partial charge in [0.15, 0.2) is 0 Å². The Labute approximate surface area is 223 Å². The second kappa shape index (κ2) is 12.4. The normalized spacial score (nSPS) is 12.9. The zero-order valence-electron chi connectivity index (χ0n) is 23.2. The summed E-state index contributed by atoms with van der Waals surface area (Å²) in [5.74, 6) is -0.752. The molecule has 2 atom stereocenters. The monoisotopic (exact) mass is 526 g/mol. The van der Waals surface area contributed by atoms with Crippen LogP contribution in [-0.4, -0.2) is 47.3 Å². The topological polar surface area (TPSA) is 135 Å². The van der Waals surface area contributed by atoms with E-state index in [4.69, 9.17) is 9.47 Å². The van der Waals surface area contributed by atoms with Gasteiger partial charge in [0.2, 0.25) is 11.8 Å². The van der Waals surface area contributed by atoms with Crippen molar-refractivity contribution in [3.05, 3.63) is 48.5 Å². The molecule has 4 N–H and O–H groups in total. The van der Waals surface area contributed by atoms with Gasteiger partial charge >= 0.3 is 12.2 Å². The molecule has 2 aromatic carbocycles. The van der Waals surface area contributed by atoms with Crippen molar-refractivity contribution in [1.29, 1.82) is 0 Å². The molecule has 0 fully saturated rings. The number of benzene rings is 2.